The van der Waals surface area contributed by atoms with E-state index in [4.69, 9.17) is 9.84 Å². The zero-order valence-corrected chi connectivity index (χ0v) is 15.2. The molecule has 1 saturated carbocycles. The number of likely N-dealkylation sites (N-methyl/N-ethyl adjacent to an activating group) is 1. The molecule has 0 heterocycles. The van der Waals surface area contributed by atoms with Crippen LogP contribution in [0.2, 0.25) is 0 Å². The lowest BCUT2D eigenvalue weighted by atomic mass is 9.85. The second-order valence-corrected chi connectivity index (χ2v) is 6.86. The van der Waals surface area contributed by atoms with Crippen LogP contribution in [0.25, 0.3) is 0 Å². The Bertz CT molecular complexity index is 580. The lowest BCUT2D eigenvalue weighted by Gasteiger charge is -2.42. The fourth-order valence-corrected chi connectivity index (χ4v) is 3.04. The highest BCUT2D eigenvalue weighted by atomic mass is 16.5. The number of carbonyl (C=O) groups is 2. The zero-order chi connectivity index (χ0) is 18.4. The predicted octanol–water partition coefficient (Wildman–Crippen LogP) is 2.24. The second-order valence-electron chi connectivity index (χ2n) is 6.86. The van der Waals surface area contributed by atoms with E-state index in [1.54, 1.807) is 0 Å². The van der Waals surface area contributed by atoms with E-state index in [1.165, 1.54) is 5.56 Å². The van der Waals surface area contributed by atoms with Crippen LogP contribution in [0.15, 0.2) is 24.3 Å². The van der Waals surface area contributed by atoms with E-state index in [0.717, 1.165) is 12.8 Å². The molecule has 0 bridgehead atoms. The summed E-state index contributed by atoms with van der Waals surface area (Å²) in [7, 11) is 0. The van der Waals surface area contributed by atoms with Gasteiger partial charge in [-0.3, -0.25) is 14.5 Å². The van der Waals surface area contributed by atoms with Gasteiger partial charge in [-0.05, 0) is 43.0 Å². The van der Waals surface area contributed by atoms with E-state index in [-0.39, 0.29) is 31.1 Å². The molecule has 138 valence electrons. The topological polar surface area (TPSA) is 78.9 Å². The summed E-state index contributed by atoms with van der Waals surface area (Å²) < 4.78 is 5.52. The Labute approximate surface area is 149 Å². The Kier molecular flexibility index (Phi) is 6.82. The summed E-state index contributed by atoms with van der Waals surface area (Å²) in [5.74, 6) is 0.196. The van der Waals surface area contributed by atoms with E-state index >= 15 is 0 Å². The van der Waals surface area contributed by atoms with Crippen molar-refractivity contribution < 1.29 is 19.4 Å². The van der Waals surface area contributed by atoms with Gasteiger partial charge in [0.2, 0.25) is 0 Å². The molecule has 1 aliphatic rings. The fourth-order valence-electron chi connectivity index (χ4n) is 3.04. The van der Waals surface area contributed by atoms with Crippen molar-refractivity contribution in [3.8, 4) is 5.75 Å². The fraction of sp³-hybridized carbons (Fsp3) is 0.579. The van der Waals surface area contributed by atoms with Crippen LogP contribution in [0.1, 0.15) is 45.1 Å². The number of hydrogen-bond acceptors (Lipinski definition) is 4. The summed E-state index contributed by atoms with van der Waals surface area (Å²) in [5, 5.41) is 11.8. The van der Waals surface area contributed by atoms with Gasteiger partial charge in [0.1, 0.15) is 5.75 Å². The van der Waals surface area contributed by atoms with Crippen molar-refractivity contribution in [3.05, 3.63) is 29.8 Å². The molecule has 0 atom stereocenters. The summed E-state index contributed by atoms with van der Waals surface area (Å²) in [6.07, 6.45) is 1.58. The molecule has 0 unspecified atom stereocenters. The molecule has 2 rings (SSSR count). The number of carboxylic acid groups (broad SMARTS) is 1. The van der Waals surface area contributed by atoms with Crippen molar-refractivity contribution >= 4 is 11.9 Å². The van der Waals surface area contributed by atoms with E-state index in [9.17, 15) is 9.59 Å². The number of nitrogens with one attached hydrogen (secondary N) is 1. The average Bonchev–Trinajstić information content (AvgIpc) is 2.54. The summed E-state index contributed by atoms with van der Waals surface area (Å²) in [5.41, 5.74) is 1.24. The van der Waals surface area contributed by atoms with Crippen LogP contribution < -0.4 is 10.1 Å². The molecule has 2 N–H and O–H groups in total. The highest BCUT2D eigenvalue weighted by Gasteiger charge is 2.34. The van der Waals surface area contributed by atoms with E-state index in [2.05, 4.69) is 19.2 Å². The van der Waals surface area contributed by atoms with Crippen molar-refractivity contribution in [2.45, 2.75) is 51.6 Å². The smallest absolute Gasteiger partial charge is 0.317 e. The van der Waals surface area contributed by atoms with Gasteiger partial charge in [-0.25, -0.2) is 0 Å². The minimum Gasteiger partial charge on any atom is -0.484 e. The monoisotopic (exact) mass is 348 g/mol. The number of hydrogen-bond donors (Lipinski definition) is 2. The first-order chi connectivity index (χ1) is 11.9. The summed E-state index contributed by atoms with van der Waals surface area (Å²) in [6.45, 7) is 6.96. The molecular weight excluding hydrogens is 320 g/mol. The van der Waals surface area contributed by atoms with Crippen molar-refractivity contribution in [3.63, 3.8) is 0 Å². The van der Waals surface area contributed by atoms with Crippen molar-refractivity contribution in [1.82, 2.24) is 10.2 Å². The molecule has 0 radical (unpaired) electrons. The number of rotatable bonds is 9. The predicted molar refractivity (Wildman–Crippen MR) is 95.9 cm³/mol. The molecule has 25 heavy (non-hydrogen) atoms. The normalized spacial score (nSPS) is 19.6. The summed E-state index contributed by atoms with van der Waals surface area (Å²) >= 11 is 0. The van der Waals surface area contributed by atoms with Gasteiger partial charge in [-0.1, -0.05) is 32.9 Å². The number of carbonyl (C=O) groups excluding carboxylic acids is 1. The Hall–Kier alpha value is -2.08. The number of amides is 1. The maximum absolute atomic E-state index is 12.0. The molecule has 0 aromatic heterocycles. The van der Waals surface area contributed by atoms with Crippen LogP contribution in [-0.2, 0) is 9.59 Å². The first kappa shape index (κ1) is 19.2. The minimum atomic E-state index is -0.814. The van der Waals surface area contributed by atoms with Gasteiger partial charge in [0.25, 0.3) is 5.91 Å². The average molecular weight is 348 g/mol. The van der Waals surface area contributed by atoms with Gasteiger partial charge < -0.3 is 15.2 Å². The summed E-state index contributed by atoms with van der Waals surface area (Å²) in [4.78, 5) is 24.7. The van der Waals surface area contributed by atoms with Gasteiger partial charge in [0, 0.05) is 12.1 Å². The van der Waals surface area contributed by atoms with Crippen LogP contribution >= 0.6 is 0 Å². The highest BCUT2D eigenvalue weighted by molar-refractivity contribution is 5.78. The number of benzene rings is 1. The first-order valence-corrected chi connectivity index (χ1v) is 8.87. The number of nitrogens with zero attached hydrogens (tertiary/aromatic N) is 1. The van der Waals surface area contributed by atoms with E-state index in [0.29, 0.717) is 18.2 Å². The first-order valence-electron chi connectivity index (χ1n) is 8.87. The Morgan fingerprint density at radius 3 is 2.44 bits per heavy atom. The Morgan fingerprint density at radius 1 is 1.28 bits per heavy atom. The molecular formula is C19H28N2O4. The number of ether oxygens (including phenoxy) is 1. The van der Waals surface area contributed by atoms with Crippen molar-refractivity contribution in [1.29, 1.82) is 0 Å². The van der Waals surface area contributed by atoms with Gasteiger partial charge in [-0.15, -0.1) is 0 Å². The van der Waals surface area contributed by atoms with Crippen LogP contribution in [-0.4, -0.2) is 53.7 Å². The Balaban J connectivity index is 1.69. The Morgan fingerprint density at radius 2 is 1.92 bits per heavy atom. The van der Waals surface area contributed by atoms with Crippen molar-refractivity contribution in [2.24, 2.45) is 0 Å². The van der Waals surface area contributed by atoms with E-state index in [1.807, 2.05) is 36.1 Å². The molecule has 0 aliphatic heterocycles. The van der Waals surface area contributed by atoms with Gasteiger partial charge in [0.05, 0.1) is 6.54 Å². The molecule has 0 saturated heterocycles. The maximum atomic E-state index is 12.0. The maximum Gasteiger partial charge on any atom is 0.317 e. The van der Waals surface area contributed by atoms with Crippen LogP contribution in [0.5, 0.6) is 5.75 Å². The third-order valence-electron chi connectivity index (χ3n) is 4.66. The number of carboxylic acids is 1. The molecule has 0 spiro atoms. The molecule has 1 aromatic rings. The van der Waals surface area contributed by atoms with Gasteiger partial charge in [0.15, 0.2) is 6.61 Å². The molecule has 1 fully saturated rings. The largest absolute Gasteiger partial charge is 0.484 e. The van der Waals surface area contributed by atoms with Crippen LogP contribution in [0.3, 0.4) is 0 Å². The second kappa shape index (κ2) is 8.85. The lowest BCUT2D eigenvalue weighted by Crippen LogP contribution is -2.55. The molecule has 1 aliphatic carbocycles. The molecule has 1 amide bonds. The SMILES string of the molecule is CCN(CC(=O)O)C1CC(NC(=O)COc2ccc(C(C)C)cc2)C1. The lowest BCUT2D eigenvalue weighted by molar-refractivity contribution is -0.139. The molecule has 1 aromatic carbocycles. The van der Waals surface area contributed by atoms with Crippen LogP contribution in [0, 0.1) is 0 Å². The third-order valence-corrected chi connectivity index (χ3v) is 4.66. The quantitative estimate of drug-likeness (QED) is 0.715. The minimum absolute atomic E-state index is 0.00515. The molecule has 6 nitrogen and oxygen atoms in total. The van der Waals surface area contributed by atoms with Crippen molar-refractivity contribution in [2.75, 3.05) is 19.7 Å². The van der Waals surface area contributed by atoms with Crippen LogP contribution in [0.4, 0.5) is 0 Å². The van der Waals surface area contributed by atoms with E-state index < -0.39 is 5.97 Å². The highest BCUT2D eigenvalue weighted by Crippen LogP contribution is 2.25. The summed E-state index contributed by atoms with van der Waals surface area (Å²) in [6, 6.07) is 8.12. The zero-order valence-electron chi connectivity index (χ0n) is 15.2. The third kappa shape index (κ3) is 5.74. The molecule has 6 heteroatoms. The van der Waals surface area contributed by atoms with Gasteiger partial charge in [-0.2, -0.15) is 0 Å². The van der Waals surface area contributed by atoms with Gasteiger partial charge >= 0.3 is 5.97 Å². The number of aliphatic carboxylic acids is 1. The standard InChI is InChI=1S/C19H28N2O4/c1-4-21(11-19(23)24)16-9-15(10-16)20-18(22)12-25-17-7-5-14(6-8-17)13(2)3/h5-8,13,15-16H,4,9-12H2,1-3H3,(H,20,22)(H,23,24).